The molecule has 0 spiro atoms. The van der Waals surface area contributed by atoms with Crippen LogP contribution in [0.2, 0.25) is 0 Å². The first-order chi connectivity index (χ1) is 7.99. The van der Waals surface area contributed by atoms with Crippen LogP contribution in [0.5, 0.6) is 0 Å². The summed E-state index contributed by atoms with van der Waals surface area (Å²) in [6.07, 6.45) is 1.50. The summed E-state index contributed by atoms with van der Waals surface area (Å²) in [4.78, 5) is 0. The van der Waals surface area contributed by atoms with E-state index in [0.29, 0.717) is 5.69 Å². The molecule has 0 saturated heterocycles. The van der Waals surface area contributed by atoms with Gasteiger partial charge in [-0.3, -0.25) is 0 Å². The maximum absolute atomic E-state index is 13.5. The van der Waals surface area contributed by atoms with Crippen LogP contribution in [0.1, 0.15) is 18.0 Å². The third-order valence-corrected chi connectivity index (χ3v) is 2.99. The first kappa shape index (κ1) is 12.4. The van der Waals surface area contributed by atoms with Crippen LogP contribution < -0.4 is 0 Å². The molecule has 0 saturated carbocycles. The fourth-order valence-electron chi connectivity index (χ4n) is 1.26. The highest BCUT2D eigenvalue weighted by atomic mass is 79.9. The summed E-state index contributed by atoms with van der Waals surface area (Å²) in [7, 11) is 0. The SMILES string of the molecule is CC(Cl)c1cn(-c2cc(Br)c(F)cc2F)nn1. The van der Waals surface area contributed by atoms with Crippen molar-refractivity contribution in [2.45, 2.75) is 12.3 Å². The lowest BCUT2D eigenvalue weighted by molar-refractivity contribution is 0.568. The van der Waals surface area contributed by atoms with Crippen molar-refractivity contribution in [1.82, 2.24) is 15.0 Å². The number of aromatic nitrogens is 3. The molecule has 1 aromatic carbocycles. The number of nitrogens with zero attached hydrogens (tertiary/aromatic N) is 3. The second-order valence-electron chi connectivity index (χ2n) is 3.42. The first-order valence-electron chi connectivity index (χ1n) is 4.70. The molecule has 1 aromatic heterocycles. The second-order valence-corrected chi connectivity index (χ2v) is 4.93. The van der Waals surface area contributed by atoms with Gasteiger partial charge in [0.15, 0.2) is 5.82 Å². The van der Waals surface area contributed by atoms with Gasteiger partial charge in [-0.1, -0.05) is 5.21 Å². The summed E-state index contributed by atoms with van der Waals surface area (Å²) in [6, 6.07) is 2.08. The summed E-state index contributed by atoms with van der Waals surface area (Å²) in [6.45, 7) is 1.73. The van der Waals surface area contributed by atoms with Crippen LogP contribution in [0, 0.1) is 11.6 Å². The van der Waals surface area contributed by atoms with Crippen molar-refractivity contribution in [3.05, 3.63) is 40.1 Å². The summed E-state index contributed by atoms with van der Waals surface area (Å²) in [5.74, 6) is -1.39. The Labute approximate surface area is 110 Å². The largest absolute Gasteiger partial charge is 0.217 e. The number of rotatable bonds is 2. The molecule has 0 aliphatic carbocycles. The van der Waals surface area contributed by atoms with E-state index in [1.807, 2.05) is 0 Å². The van der Waals surface area contributed by atoms with Gasteiger partial charge in [0.2, 0.25) is 0 Å². The van der Waals surface area contributed by atoms with E-state index in [1.165, 1.54) is 16.9 Å². The van der Waals surface area contributed by atoms with Crippen LogP contribution in [0.25, 0.3) is 5.69 Å². The Morgan fingerprint density at radius 3 is 2.65 bits per heavy atom. The standard InChI is InChI=1S/C10H7BrClF2N3/c1-5(12)9-4-17(16-15-9)10-2-6(11)7(13)3-8(10)14/h2-5H,1H3. The first-order valence-corrected chi connectivity index (χ1v) is 5.93. The average Bonchev–Trinajstić information content (AvgIpc) is 2.72. The molecule has 17 heavy (non-hydrogen) atoms. The van der Waals surface area contributed by atoms with Crippen LogP contribution >= 0.6 is 27.5 Å². The molecule has 1 unspecified atom stereocenters. The van der Waals surface area contributed by atoms with Gasteiger partial charge in [-0.15, -0.1) is 16.7 Å². The van der Waals surface area contributed by atoms with Gasteiger partial charge in [0.25, 0.3) is 0 Å². The van der Waals surface area contributed by atoms with E-state index in [1.54, 1.807) is 6.92 Å². The molecule has 1 heterocycles. The van der Waals surface area contributed by atoms with Crippen LogP contribution in [0.3, 0.4) is 0 Å². The van der Waals surface area contributed by atoms with Gasteiger partial charge in [0.05, 0.1) is 16.0 Å². The Morgan fingerprint density at radius 2 is 2.06 bits per heavy atom. The van der Waals surface area contributed by atoms with Crippen molar-refractivity contribution >= 4 is 27.5 Å². The number of hydrogen-bond acceptors (Lipinski definition) is 2. The molecule has 0 aliphatic rings. The van der Waals surface area contributed by atoms with E-state index < -0.39 is 11.6 Å². The molecule has 0 bridgehead atoms. The van der Waals surface area contributed by atoms with Gasteiger partial charge in [-0.25, -0.2) is 13.5 Å². The van der Waals surface area contributed by atoms with Gasteiger partial charge in [-0.2, -0.15) is 0 Å². The van der Waals surface area contributed by atoms with Crippen LogP contribution in [0.4, 0.5) is 8.78 Å². The summed E-state index contributed by atoms with van der Waals surface area (Å²) >= 11 is 8.81. The van der Waals surface area contributed by atoms with E-state index in [4.69, 9.17) is 11.6 Å². The molecule has 1 atom stereocenters. The minimum Gasteiger partial charge on any atom is -0.217 e. The monoisotopic (exact) mass is 321 g/mol. The zero-order valence-electron chi connectivity index (χ0n) is 8.66. The fourth-order valence-corrected chi connectivity index (χ4v) is 1.70. The second kappa shape index (κ2) is 4.70. The Morgan fingerprint density at radius 1 is 1.35 bits per heavy atom. The topological polar surface area (TPSA) is 30.7 Å². The smallest absolute Gasteiger partial charge is 0.151 e. The van der Waals surface area contributed by atoms with Crippen molar-refractivity contribution in [2.24, 2.45) is 0 Å². The molecular weight excluding hydrogens is 315 g/mol. The Bertz CT molecular complexity index is 556. The van der Waals surface area contributed by atoms with Crippen molar-refractivity contribution < 1.29 is 8.78 Å². The van der Waals surface area contributed by atoms with E-state index in [-0.39, 0.29) is 15.5 Å². The van der Waals surface area contributed by atoms with Gasteiger partial charge >= 0.3 is 0 Å². The third-order valence-electron chi connectivity index (χ3n) is 2.16. The predicted octanol–water partition coefficient (Wildman–Crippen LogP) is 3.61. The van der Waals surface area contributed by atoms with E-state index in [2.05, 4.69) is 26.2 Å². The molecule has 0 aliphatic heterocycles. The number of benzene rings is 1. The van der Waals surface area contributed by atoms with Gasteiger partial charge in [-0.05, 0) is 28.9 Å². The lowest BCUT2D eigenvalue weighted by Crippen LogP contribution is -2.00. The zero-order valence-corrected chi connectivity index (χ0v) is 11.0. The lowest BCUT2D eigenvalue weighted by atomic mass is 10.3. The Balaban J connectivity index is 2.49. The van der Waals surface area contributed by atoms with E-state index in [9.17, 15) is 8.78 Å². The van der Waals surface area contributed by atoms with Gasteiger partial charge < -0.3 is 0 Å². The highest BCUT2D eigenvalue weighted by molar-refractivity contribution is 9.10. The fraction of sp³-hybridized carbons (Fsp3) is 0.200. The molecule has 0 radical (unpaired) electrons. The van der Waals surface area contributed by atoms with Crippen LogP contribution in [0.15, 0.2) is 22.8 Å². The minimum absolute atomic E-state index is 0.106. The Hall–Kier alpha value is -1.01. The summed E-state index contributed by atoms with van der Waals surface area (Å²) < 4.78 is 28.0. The molecule has 0 amide bonds. The molecule has 3 nitrogen and oxygen atoms in total. The highest BCUT2D eigenvalue weighted by Gasteiger charge is 2.13. The minimum atomic E-state index is -0.718. The zero-order chi connectivity index (χ0) is 12.6. The normalized spacial score (nSPS) is 12.8. The molecule has 0 N–H and O–H groups in total. The number of alkyl halides is 1. The quantitative estimate of drug-likeness (QED) is 0.625. The Kier molecular flexibility index (Phi) is 3.44. The van der Waals surface area contributed by atoms with Crippen LogP contribution in [-0.4, -0.2) is 15.0 Å². The van der Waals surface area contributed by atoms with E-state index in [0.717, 1.165) is 6.07 Å². The predicted molar refractivity (Wildman–Crippen MR) is 63.2 cm³/mol. The third kappa shape index (κ3) is 2.47. The molecule has 2 aromatic rings. The maximum Gasteiger partial charge on any atom is 0.151 e. The molecular formula is C10H7BrClF2N3. The molecule has 0 fully saturated rings. The summed E-state index contributed by atoms with van der Waals surface area (Å²) in [5, 5.41) is 7.21. The summed E-state index contributed by atoms with van der Waals surface area (Å²) in [5.41, 5.74) is 0.626. The van der Waals surface area contributed by atoms with E-state index >= 15 is 0 Å². The van der Waals surface area contributed by atoms with Gasteiger partial charge in [0.1, 0.15) is 17.2 Å². The molecule has 7 heteroatoms. The highest BCUT2D eigenvalue weighted by Crippen LogP contribution is 2.23. The number of hydrogen-bond donors (Lipinski definition) is 0. The number of halogens is 4. The van der Waals surface area contributed by atoms with Crippen LogP contribution in [-0.2, 0) is 0 Å². The van der Waals surface area contributed by atoms with Gasteiger partial charge in [0, 0.05) is 6.07 Å². The van der Waals surface area contributed by atoms with Crippen molar-refractivity contribution in [2.75, 3.05) is 0 Å². The lowest BCUT2D eigenvalue weighted by Gasteiger charge is -2.03. The molecule has 2 rings (SSSR count). The van der Waals surface area contributed by atoms with Crippen molar-refractivity contribution in [3.63, 3.8) is 0 Å². The van der Waals surface area contributed by atoms with Crippen molar-refractivity contribution in [3.8, 4) is 5.69 Å². The van der Waals surface area contributed by atoms with Crippen molar-refractivity contribution in [1.29, 1.82) is 0 Å². The molecule has 90 valence electrons. The maximum atomic E-state index is 13.5. The average molecular weight is 323 g/mol.